The third-order valence-corrected chi connectivity index (χ3v) is 7.72. The fraction of sp³-hybridized carbons (Fsp3) is 0.214. The molecule has 0 radical (unpaired) electrons. The number of anilines is 2. The highest BCUT2D eigenvalue weighted by Crippen LogP contribution is 2.43. The molecule has 1 unspecified atom stereocenters. The van der Waals surface area contributed by atoms with Gasteiger partial charge >= 0.3 is 0 Å². The van der Waals surface area contributed by atoms with E-state index in [9.17, 15) is 4.79 Å². The Morgan fingerprint density at radius 1 is 1.12 bits per heavy atom. The summed E-state index contributed by atoms with van der Waals surface area (Å²) in [5.74, 6) is 1.06. The zero-order valence-corrected chi connectivity index (χ0v) is 25.1. The summed E-state index contributed by atoms with van der Waals surface area (Å²) >= 11 is 16.0. The highest BCUT2D eigenvalue weighted by molar-refractivity contribution is 9.10. The molecular formula is C28H25BrCl2N6O3. The van der Waals surface area contributed by atoms with E-state index in [1.165, 1.54) is 0 Å². The first-order valence-electron chi connectivity index (χ1n) is 12.2. The largest absolute Gasteiger partial charge is 0.493 e. The van der Waals surface area contributed by atoms with Crippen molar-refractivity contribution in [2.75, 3.05) is 17.7 Å². The molecule has 0 saturated heterocycles. The number of halogens is 3. The number of methoxy groups -OCH3 is 1. The van der Waals surface area contributed by atoms with Crippen molar-refractivity contribution in [3.63, 3.8) is 0 Å². The van der Waals surface area contributed by atoms with Crippen molar-refractivity contribution in [2.45, 2.75) is 33.4 Å². The minimum absolute atomic E-state index is 0.192. The van der Waals surface area contributed by atoms with Gasteiger partial charge in [-0.1, -0.05) is 52.1 Å². The number of allylic oxidation sites excluding steroid dienone is 1. The van der Waals surface area contributed by atoms with E-state index in [1.54, 1.807) is 23.9 Å². The number of carbonyl (C=O) groups is 1. The fourth-order valence-electron chi connectivity index (χ4n) is 4.58. The Labute approximate surface area is 249 Å². The Kier molecular flexibility index (Phi) is 8.02. The maximum absolute atomic E-state index is 13.8. The van der Waals surface area contributed by atoms with Crippen LogP contribution in [0.4, 0.5) is 11.6 Å². The summed E-state index contributed by atoms with van der Waals surface area (Å²) in [6, 6.07) is 14.1. The topological polar surface area (TPSA) is 103 Å². The molecule has 2 N–H and O–H groups in total. The molecule has 0 spiro atoms. The summed E-state index contributed by atoms with van der Waals surface area (Å²) in [7, 11) is 1.55. The van der Waals surface area contributed by atoms with Crippen LogP contribution in [0, 0.1) is 13.8 Å². The summed E-state index contributed by atoms with van der Waals surface area (Å²) in [5.41, 5.74) is 5.35. The van der Waals surface area contributed by atoms with E-state index >= 15 is 0 Å². The number of ether oxygens (including phenoxy) is 2. The third-order valence-electron chi connectivity index (χ3n) is 6.54. The van der Waals surface area contributed by atoms with Crippen LogP contribution in [0.25, 0.3) is 0 Å². The number of aryl methyl sites for hydroxylation is 2. The number of aromatic nitrogens is 4. The van der Waals surface area contributed by atoms with Gasteiger partial charge in [-0.3, -0.25) is 4.79 Å². The lowest BCUT2D eigenvalue weighted by Crippen LogP contribution is -2.31. The number of hydrogen-bond donors (Lipinski definition) is 2. The number of rotatable bonds is 7. The Morgan fingerprint density at radius 3 is 2.65 bits per heavy atom. The van der Waals surface area contributed by atoms with Crippen molar-refractivity contribution in [3.05, 3.63) is 96.6 Å². The van der Waals surface area contributed by atoms with Crippen molar-refractivity contribution in [2.24, 2.45) is 0 Å². The quantitative estimate of drug-likeness (QED) is 0.226. The van der Waals surface area contributed by atoms with Crippen LogP contribution in [0.15, 0.2) is 64.3 Å². The Hall–Kier alpha value is -3.60. The molecule has 206 valence electrons. The van der Waals surface area contributed by atoms with E-state index in [0.29, 0.717) is 48.8 Å². The smallest absolute Gasteiger partial charge is 0.255 e. The van der Waals surface area contributed by atoms with Gasteiger partial charge in [0.2, 0.25) is 5.95 Å². The molecule has 40 heavy (non-hydrogen) atoms. The molecule has 0 fully saturated rings. The third kappa shape index (κ3) is 5.52. The summed E-state index contributed by atoms with van der Waals surface area (Å²) < 4.78 is 14.0. The molecule has 4 aromatic rings. The van der Waals surface area contributed by atoms with Gasteiger partial charge in [-0.05, 0) is 88.6 Å². The SMILES string of the molecule is COc1cc(C2C(C(=O)Nc3ccc(C)cc3C)=C(C)Nc3nnnn32)cc(Br)c1OCc1ccc(Cl)cc1Cl. The molecule has 0 bridgehead atoms. The second-order valence-corrected chi connectivity index (χ2v) is 11.0. The molecule has 9 nitrogen and oxygen atoms in total. The summed E-state index contributed by atoms with van der Waals surface area (Å²) in [4.78, 5) is 13.8. The number of nitrogens with one attached hydrogen (secondary N) is 2. The summed E-state index contributed by atoms with van der Waals surface area (Å²) in [5, 5.41) is 19.3. The standard InChI is InChI=1S/C28H25BrCl2N6O3/c1-14-5-8-22(15(2)9-14)33-27(38)24-16(3)32-28-34-35-36-37(28)25(24)18-10-20(29)26(23(11-18)39-4)40-13-17-6-7-19(30)12-21(17)31/h5-12,25H,13H2,1-4H3,(H,33,38)(H,32,34,36). The molecule has 3 aromatic carbocycles. The number of nitrogens with zero attached hydrogens (tertiary/aromatic N) is 4. The van der Waals surface area contributed by atoms with Crippen LogP contribution in [-0.2, 0) is 11.4 Å². The molecular weight excluding hydrogens is 619 g/mol. The second-order valence-electron chi connectivity index (χ2n) is 9.34. The van der Waals surface area contributed by atoms with Crippen LogP contribution in [-0.4, -0.2) is 33.2 Å². The van der Waals surface area contributed by atoms with Gasteiger partial charge in [0.05, 0.1) is 17.2 Å². The molecule has 12 heteroatoms. The molecule has 1 atom stereocenters. The highest BCUT2D eigenvalue weighted by Gasteiger charge is 2.35. The van der Waals surface area contributed by atoms with Gasteiger partial charge in [-0.25, -0.2) is 0 Å². The maximum atomic E-state index is 13.8. The first-order valence-corrected chi connectivity index (χ1v) is 13.8. The van der Waals surface area contributed by atoms with Crippen molar-refractivity contribution in [1.29, 1.82) is 0 Å². The predicted molar refractivity (Wildman–Crippen MR) is 158 cm³/mol. The Balaban J connectivity index is 1.51. The van der Waals surface area contributed by atoms with E-state index in [4.69, 9.17) is 32.7 Å². The summed E-state index contributed by atoms with van der Waals surface area (Å²) in [6.07, 6.45) is 0. The average molecular weight is 644 g/mol. The van der Waals surface area contributed by atoms with Crippen LogP contribution < -0.4 is 20.1 Å². The number of hydrogen-bond acceptors (Lipinski definition) is 7. The zero-order chi connectivity index (χ0) is 28.6. The van der Waals surface area contributed by atoms with Crippen molar-refractivity contribution >= 4 is 56.7 Å². The van der Waals surface area contributed by atoms with E-state index in [-0.39, 0.29) is 12.5 Å². The van der Waals surface area contributed by atoms with Gasteiger partial charge in [-0.2, -0.15) is 4.68 Å². The molecule has 2 heterocycles. The number of benzene rings is 3. The zero-order valence-electron chi connectivity index (χ0n) is 22.1. The van der Waals surface area contributed by atoms with Gasteiger partial charge in [0.1, 0.15) is 12.6 Å². The van der Waals surface area contributed by atoms with Crippen molar-refractivity contribution in [1.82, 2.24) is 20.2 Å². The van der Waals surface area contributed by atoms with Gasteiger partial charge in [0.15, 0.2) is 11.5 Å². The Morgan fingerprint density at radius 2 is 1.93 bits per heavy atom. The normalized spacial score (nSPS) is 14.4. The molecule has 1 aromatic heterocycles. The van der Waals surface area contributed by atoms with Gasteiger partial charge < -0.3 is 20.1 Å². The molecule has 0 saturated carbocycles. The summed E-state index contributed by atoms with van der Waals surface area (Å²) in [6.45, 7) is 5.98. The second kappa shape index (κ2) is 11.5. The minimum atomic E-state index is -0.651. The molecule has 1 amide bonds. The first-order chi connectivity index (χ1) is 19.2. The Bertz CT molecular complexity index is 1660. The van der Waals surface area contributed by atoms with Gasteiger partial charge in [0.25, 0.3) is 5.91 Å². The lowest BCUT2D eigenvalue weighted by molar-refractivity contribution is -0.113. The molecule has 5 rings (SSSR count). The highest BCUT2D eigenvalue weighted by atomic mass is 79.9. The van der Waals surface area contributed by atoms with Crippen LogP contribution in [0.2, 0.25) is 10.0 Å². The lowest BCUT2D eigenvalue weighted by atomic mass is 9.94. The number of amides is 1. The number of tetrazole rings is 1. The number of fused-ring (bicyclic) bond motifs is 1. The fourth-order valence-corrected chi connectivity index (χ4v) is 5.62. The predicted octanol–water partition coefficient (Wildman–Crippen LogP) is 6.87. The lowest BCUT2D eigenvalue weighted by Gasteiger charge is -2.29. The number of carbonyl (C=O) groups excluding carboxylic acids is 1. The van der Waals surface area contributed by atoms with Gasteiger partial charge in [-0.15, -0.1) is 0 Å². The molecule has 1 aliphatic rings. The minimum Gasteiger partial charge on any atom is -0.493 e. The van der Waals surface area contributed by atoms with Crippen LogP contribution in [0.5, 0.6) is 11.5 Å². The first kappa shape index (κ1) is 27.9. The maximum Gasteiger partial charge on any atom is 0.255 e. The monoisotopic (exact) mass is 642 g/mol. The van der Waals surface area contributed by atoms with Crippen LogP contribution >= 0.6 is 39.1 Å². The molecule has 0 aliphatic carbocycles. The van der Waals surface area contributed by atoms with Crippen LogP contribution in [0.3, 0.4) is 0 Å². The van der Waals surface area contributed by atoms with E-state index < -0.39 is 6.04 Å². The van der Waals surface area contributed by atoms with Gasteiger partial charge in [0, 0.05) is 27.0 Å². The van der Waals surface area contributed by atoms with E-state index in [2.05, 4.69) is 42.1 Å². The van der Waals surface area contributed by atoms with E-state index in [1.807, 2.05) is 57.2 Å². The van der Waals surface area contributed by atoms with Crippen LogP contribution in [0.1, 0.15) is 35.2 Å². The average Bonchev–Trinajstić information content (AvgIpc) is 3.37. The van der Waals surface area contributed by atoms with Crippen molar-refractivity contribution < 1.29 is 14.3 Å². The van der Waals surface area contributed by atoms with Crippen molar-refractivity contribution in [3.8, 4) is 11.5 Å². The molecule has 1 aliphatic heterocycles. The van der Waals surface area contributed by atoms with E-state index in [0.717, 1.165) is 22.4 Å².